The summed E-state index contributed by atoms with van der Waals surface area (Å²) in [6.07, 6.45) is 0.258. The van der Waals surface area contributed by atoms with Gasteiger partial charge in [-0.3, -0.25) is 9.52 Å². The number of halogens is 1. The molecule has 138 valence electrons. The zero-order valence-electron chi connectivity index (χ0n) is 14.0. The predicted octanol–water partition coefficient (Wildman–Crippen LogP) is 2.24. The number of anilines is 1. The van der Waals surface area contributed by atoms with Crippen molar-refractivity contribution >= 4 is 45.4 Å². The number of sulfonamides is 1. The predicted molar refractivity (Wildman–Crippen MR) is 104 cm³/mol. The number of carbonyl (C=O) groups excluding carboxylic acids is 1. The highest BCUT2D eigenvalue weighted by Crippen LogP contribution is 2.20. The maximum atomic E-state index is 12.1. The Morgan fingerprint density at radius 2 is 1.88 bits per heavy atom. The summed E-state index contributed by atoms with van der Waals surface area (Å²) in [4.78, 5) is 11.9. The Morgan fingerprint density at radius 1 is 1.20 bits per heavy atom. The zero-order valence-corrected chi connectivity index (χ0v) is 16.4. The van der Waals surface area contributed by atoms with Gasteiger partial charge < -0.3 is 10.6 Å². The van der Waals surface area contributed by atoms with Crippen LogP contribution in [-0.4, -0.2) is 34.0 Å². The van der Waals surface area contributed by atoms with Crippen molar-refractivity contribution in [3.8, 4) is 0 Å². The summed E-state index contributed by atoms with van der Waals surface area (Å²) in [5.41, 5.74) is 1.29. The molecule has 9 heteroatoms. The summed E-state index contributed by atoms with van der Waals surface area (Å²) in [5.74, 6) is -0.0657. The topological polar surface area (TPSA) is 87.3 Å². The number of carbonyl (C=O) groups is 1. The van der Waals surface area contributed by atoms with Crippen molar-refractivity contribution < 1.29 is 13.2 Å². The monoisotopic (exact) mass is 403 g/mol. The summed E-state index contributed by atoms with van der Waals surface area (Å²) >= 11 is 1.16. The van der Waals surface area contributed by atoms with Gasteiger partial charge in [0.15, 0.2) is 0 Å². The van der Waals surface area contributed by atoms with Crippen LogP contribution in [-0.2, 0) is 21.2 Å². The van der Waals surface area contributed by atoms with Crippen molar-refractivity contribution in [3.05, 3.63) is 47.3 Å². The summed E-state index contributed by atoms with van der Waals surface area (Å²) in [5, 5.41) is 7.60. The van der Waals surface area contributed by atoms with Gasteiger partial charge in [-0.15, -0.1) is 23.7 Å². The molecule has 0 bridgehead atoms. The fourth-order valence-corrected chi connectivity index (χ4v) is 3.98. The third-order valence-electron chi connectivity index (χ3n) is 3.43. The first kappa shape index (κ1) is 21.4. The Morgan fingerprint density at radius 3 is 2.44 bits per heavy atom. The van der Waals surface area contributed by atoms with Crippen LogP contribution in [0.5, 0.6) is 0 Å². The molecule has 0 radical (unpaired) electrons. The van der Waals surface area contributed by atoms with Crippen molar-refractivity contribution in [2.75, 3.05) is 18.3 Å². The van der Waals surface area contributed by atoms with Crippen LogP contribution in [0.3, 0.4) is 0 Å². The molecule has 3 N–H and O–H groups in total. The molecule has 0 saturated heterocycles. The molecule has 1 amide bonds. The summed E-state index contributed by atoms with van der Waals surface area (Å²) in [7, 11) is -1.70. The van der Waals surface area contributed by atoms with E-state index in [1.807, 2.05) is 14.0 Å². The second-order valence-electron chi connectivity index (χ2n) is 5.41. The van der Waals surface area contributed by atoms with Gasteiger partial charge in [-0.05, 0) is 43.1 Å². The van der Waals surface area contributed by atoms with Gasteiger partial charge in [-0.1, -0.05) is 18.2 Å². The molecule has 0 aliphatic rings. The number of benzene rings is 1. The van der Waals surface area contributed by atoms with E-state index in [0.717, 1.165) is 16.9 Å². The highest BCUT2D eigenvalue weighted by Gasteiger charge is 2.15. The van der Waals surface area contributed by atoms with Gasteiger partial charge in [-0.25, -0.2) is 8.42 Å². The summed E-state index contributed by atoms with van der Waals surface area (Å²) in [6.45, 7) is 2.54. The van der Waals surface area contributed by atoms with E-state index in [4.69, 9.17) is 0 Å². The molecular weight excluding hydrogens is 382 g/mol. The standard InChI is InChI=1S/C16H21N3O3S2.ClH/c1-12(17-2)11-18-15(20)10-13-5-7-14(8-6-13)19-24(21,22)16-4-3-9-23-16;/h3-9,12,17,19H,10-11H2,1-2H3,(H,18,20);1H. The highest BCUT2D eigenvalue weighted by molar-refractivity contribution is 7.94. The molecule has 1 atom stereocenters. The second kappa shape index (κ2) is 9.76. The normalized spacial score (nSPS) is 12.1. The number of rotatable bonds is 8. The number of hydrogen-bond acceptors (Lipinski definition) is 5. The first-order valence-electron chi connectivity index (χ1n) is 7.50. The lowest BCUT2D eigenvalue weighted by Gasteiger charge is -2.11. The van der Waals surface area contributed by atoms with E-state index in [0.29, 0.717) is 12.2 Å². The van der Waals surface area contributed by atoms with Gasteiger partial charge >= 0.3 is 0 Å². The Hall–Kier alpha value is -1.61. The van der Waals surface area contributed by atoms with E-state index in [2.05, 4.69) is 15.4 Å². The Balaban J connectivity index is 0.00000312. The van der Waals surface area contributed by atoms with Crippen LogP contribution in [0.2, 0.25) is 0 Å². The Kier molecular flexibility index (Phi) is 8.37. The first-order valence-corrected chi connectivity index (χ1v) is 9.86. The smallest absolute Gasteiger partial charge is 0.271 e. The minimum atomic E-state index is -3.54. The molecule has 1 aromatic carbocycles. The molecule has 2 rings (SSSR count). The SMILES string of the molecule is CNC(C)CNC(=O)Cc1ccc(NS(=O)(=O)c2cccs2)cc1.Cl. The fraction of sp³-hybridized carbons (Fsp3) is 0.312. The minimum Gasteiger partial charge on any atom is -0.354 e. The Bertz CT molecular complexity index is 762. The summed E-state index contributed by atoms with van der Waals surface area (Å²) < 4.78 is 27.1. The molecule has 0 saturated carbocycles. The molecule has 0 aliphatic carbocycles. The number of hydrogen-bond donors (Lipinski definition) is 3. The van der Waals surface area contributed by atoms with E-state index >= 15 is 0 Å². The molecule has 1 aromatic heterocycles. The van der Waals surface area contributed by atoms with Crippen LogP contribution in [0.15, 0.2) is 46.0 Å². The minimum absolute atomic E-state index is 0. The van der Waals surface area contributed by atoms with Crippen molar-refractivity contribution in [1.82, 2.24) is 10.6 Å². The first-order chi connectivity index (χ1) is 11.4. The van der Waals surface area contributed by atoms with Crippen LogP contribution in [0.1, 0.15) is 12.5 Å². The van der Waals surface area contributed by atoms with Gasteiger partial charge in [0.2, 0.25) is 5.91 Å². The lowest BCUT2D eigenvalue weighted by Crippen LogP contribution is -2.37. The van der Waals surface area contributed by atoms with Crippen molar-refractivity contribution in [2.24, 2.45) is 0 Å². The molecular formula is C16H22ClN3O3S2. The van der Waals surface area contributed by atoms with E-state index in [9.17, 15) is 13.2 Å². The molecule has 0 spiro atoms. The van der Waals surface area contributed by atoms with E-state index < -0.39 is 10.0 Å². The van der Waals surface area contributed by atoms with Crippen molar-refractivity contribution in [2.45, 2.75) is 23.6 Å². The lowest BCUT2D eigenvalue weighted by atomic mass is 10.1. The van der Waals surface area contributed by atoms with E-state index in [1.165, 1.54) is 0 Å². The van der Waals surface area contributed by atoms with Crippen LogP contribution < -0.4 is 15.4 Å². The zero-order chi connectivity index (χ0) is 17.6. The molecule has 1 unspecified atom stereocenters. The highest BCUT2D eigenvalue weighted by atomic mass is 35.5. The molecule has 0 aliphatic heterocycles. The van der Waals surface area contributed by atoms with Crippen molar-refractivity contribution in [3.63, 3.8) is 0 Å². The fourth-order valence-electron chi connectivity index (χ4n) is 1.93. The quantitative estimate of drug-likeness (QED) is 0.630. The average molecular weight is 404 g/mol. The maximum absolute atomic E-state index is 12.1. The largest absolute Gasteiger partial charge is 0.354 e. The average Bonchev–Trinajstić information content (AvgIpc) is 3.09. The van der Waals surface area contributed by atoms with Crippen LogP contribution >= 0.6 is 23.7 Å². The number of nitrogens with one attached hydrogen (secondary N) is 3. The van der Waals surface area contributed by atoms with Gasteiger partial charge in [0.25, 0.3) is 10.0 Å². The molecule has 1 heterocycles. The van der Waals surface area contributed by atoms with Crippen LogP contribution in [0.25, 0.3) is 0 Å². The number of likely N-dealkylation sites (N-methyl/N-ethyl adjacent to an activating group) is 1. The number of thiophene rings is 1. The Labute approximate surface area is 158 Å². The van der Waals surface area contributed by atoms with E-state index in [1.54, 1.807) is 41.8 Å². The van der Waals surface area contributed by atoms with E-state index in [-0.39, 0.29) is 35.0 Å². The van der Waals surface area contributed by atoms with Crippen LogP contribution in [0, 0.1) is 0 Å². The molecule has 6 nitrogen and oxygen atoms in total. The van der Waals surface area contributed by atoms with Gasteiger partial charge in [0.1, 0.15) is 4.21 Å². The molecule has 0 fully saturated rings. The maximum Gasteiger partial charge on any atom is 0.271 e. The second-order valence-corrected chi connectivity index (χ2v) is 8.26. The van der Waals surface area contributed by atoms with Gasteiger partial charge in [0.05, 0.1) is 6.42 Å². The molecule has 25 heavy (non-hydrogen) atoms. The van der Waals surface area contributed by atoms with Gasteiger partial charge in [0, 0.05) is 18.3 Å². The third-order valence-corrected chi connectivity index (χ3v) is 6.21. The van der Waals surface area contributed by atoms with Crippen LogP contribution in [0.4, 0.5) is 5.69 Å². The third kappa shape index (κ3) is 6.66. The number of amides is 1. The lowest BCUT2D eigenvalue weighted by molar-refractivity contribution is -0.120. The van der Waals surface area contributed by atoms with Crippen molar-refractivity contribution in [1.29, 1.82) is 0 Å². The van der Waals surface area contributed by atoms with Gasteiger partial charge in [-0.2, -0.15) is 0 Å². The summed E-state index contributed by atoms with van der Waals surface area (Å²) in [6, 6.07) is 10.3. The molecule has 2 aromatic rings.